The molecule has 0 atom stereocenters. The molecule has 0 aliphatic heterocycles. The van der Waals surface area contributed by atoms with E-state index in [0.717, 1.165) is 18.4 Å². The SMILES string of the molecule is Cc1ccsc1CNC(=O)C1(c2cccc(Cl)c2)CC1. The van der Waals surface area contributed by atoms with Gasteiger partial charge in [0.05, 0.1) is 12.0 Å². The van der Waals surface area contributed by atoms with Crippen molar-refractivity contribution in [3.05, 3.63) is 56.7 Å². The van der Waals surface area contributed by atoms with Crippen molar-refractivity contribution in [1.82, 2.24) is 5.32 Å². The summed E-state index contributed by atoms with van der Waals surface area (Å²) in [7, 11) is 0. The van der Waals surface area contributed by atoms with Crippen LogP contribution in [0.3, 0.4) is 0 Å². The Morgan fingerprint density at radius 1 is 1.40 bits per heavy atom. The fraction of sp³-hybridized carbons (Fsp3) is 0.312. The average molecular weight is 306 g/mol. The van der Waals surface area contributed by atoms with Crippen LogP contribution in [-0.2, 0) is 16.8 Å². The molecule has 0 saturated heterocycles. The van der Waals surface area contributed by atoms with Gasteiger partial charge in [0.15, 0.2) is 0 Å². The first kappa shape index (κ1) is 13.7. The summed E-state index contributed by atoms with van der Waals surface area (Å²) in [6, 6.07) is 9.73. The molecule has 1 aliphatic rings. The molecule has 1 N–H and O–H groups in total. The molecule has 4 heteroatoms. The second-order valence-corrected chi connectivity index (χ2v) is 6.74. The summed E-state index contributed by atoms with van der Waals surface area (Å²) >= 11 is 7.72. The van der Waals surface area contributed by atoms with E-state index in [1.807, 2.05) is 24.3 Å². The number of nitrogens with one attached hydrogen (secondary N) is 1. The standard InChI is InChI=1S/C16H16ClNOS/c1-11-5-8-20-14(11)10-18-15(19)16(6-7-16)12-3-2-4-13(17)9-12/h2-5,8-9H,6-7,10H2,1H3,(H,18,19). The van der Waals surface area contributed by atoms with Crippen LogP contribution in [0, 0.1) is 6.92 Å². The number of carbonyl (C=O) groups is 1. The van der Waals surface area contributed by atoms with Crippen LogP contribution in [0.4, 0.5) is 0 Å². The summed E-state index contributed by atoms with van der Waals surface area (Å²) in [6.07, 6.45) is 1.81. The van der Waals surface area contributed by atoms with E-state index < -0.39 is 0 Å². The Morgan fingerprint density at radius 3 is 2.80 bits per heavy atom. The van der Waals surface area contributed by atoms with E-state index in [1.54, 1.807) is 11.3 Å². The van der Waals surface area contributed by atoms with Gasteiger partial charge in [0, 0.05) is 9.90 Å². The zero-order valence-corrected chi connectivity index (χ0v) is 12.9. The molecule has 1 aliphatic carbocycles. The molecule has 0 unspecified atom stereocenters. The second kappa shape index (κ2) is 5.23. The summed E-state index contributed by atoms with van der Waals surface area (Å²) in [5, 5.41) is 5.82. The average Bonchev–Trinajstić information content (AvgIpc) is 3.15. The van der Waals surface area contributed by atoms with Crippen molar-refractivity contribution in [1.29, 1.82) is 0 Å². The molecule has 1 saturated carbocycles. The third-order valence-electron chi connectivity index (χ3n) is 3.94. The van der Waals surface area contributed by atoms with Gasteiger partial charge in [-0.05, 0) is 54.5 Å². The maximum Gasteiger partial charge on any atom is 0.230 e. The predicted octanol–water partition coefficient (Wildman–Crippen LogP) is 4.06. The molecule has 2 nitrogen and oxygen atoms in total. The van der Waals surface area contributed by atoms with E-state index in [-0.39, 0.29) is 11.3 Å². The minimum absolute atomic E-state index is 0.118. The molecular weight excluding hydrogens is 290 g/mol. The number of thiophene rings is 1. The fourth-order valence-corrected chi connectivity index (χ4v) is 3.51. The lowest BCUT2D eigenvalue weighted by molar-refractivity contribution is -0.123. The quantitative estimate of drug-likeness (QED) is 0.907. The molecule has 1 amide bonds. The summed E-state index contributed by atoms with van der Waals surface area (Å²) in [5.41, 5.74) is 1.92. The normalized spacial score (nSPS) is 15.9. The summed E-state index contributed by atoms with van der Waals surface area (Å²) in [4.78, 5) is 13.7. The molecule has 2 aromatic rings. The molecule has 20 heavy (non-hydrogen) atoms. The van der Waals surface area contributed by atoms with E-state index in [9.17, 15) is 4.79 Å². The zero-order chi connectivity index (χ0) is 14.2. The molecule has 104 valence electrons. The largest absolute Gasteiger partial charge is 0.350 e. The van der Waals surface area contributed by atoms with Crippen LogP contribution >= 0.6 is 22.9 Å². The molecule has 0 bridgehead atoms. The lowest BCUT2D eigenvalue weighted by Gasteiger charge is -2.16. The van der Waals surface area contributed by atoms with Crippen LogP contribution in [0.1, 0.15) is 28.8 Å². The van der Waals surface area contributed by atoms with Crippen molar-refractivity contribution >= 4 is 28.8 Å². The van der Waals surface area contributed by atoms with Crippen LogP contribution in [-0.4, -0.2) is 5.91 Å². The van der Waals surface area contributed by atoms with Crippen molar-refractivity contribution < 1.29 is 4.79 Å². The number of hydrogen-bond acceptors (Lipinski definition) is 2. The van der Waals surface area contributed by atoms with Gasteiger partial charge < -0.3 is 5.32 Å². The Bertz CT molecular complexity index is 645. The van der Waals surface area contributed by atoms with Crippen LogP contribution in [0.15, 0.2) is 35.7 Å². The number of amides is 1. The van der Waals surface area contributed by atoms with Crippen LogP contribution in [0.2, 0.25) is 5.02 Å². The molecule has 3 rings (SSSR count). The summed E-state index contributed by atoms with van der Waals surface area (Å²) in [6.45, 7) is 2.69. The highest BCUT2D eigenvalue weighted by Crippen LogP contribution is 2.48. The first-order valence-electron chi connectivity index (χ1n) is 6.69. The topological polar surface area (TPSA) is 29.1 Å². The molecular formula is C16H16ClNOS. The van der Waals surface area contributed by atoms with Crippen LogP contribution < -0.4 is 5.32 Å². The van der Waals surface area contributed by atoms with E-state index in [1.165, 1.54) is 10.4 Å². The molecule has 1 aromatic heterocycles. The Morgan fingerprint density at radius 2 is 2.20 bits per heavy atom. The Labute approximate surface area is 127 Å². The van der Waals surface area contributed by atoms with Crippen LogP contribution in [0.25, 0.3) is 0 Å². The monoisotopic (exact) mass is 305 g/mol. The maximum absolute atomic E-state index is 12.5. The lowest BCUT2D eigenvalue weighted by atomic mass is 9.95. The third kappa shape index (κ3) is 2.48. The first-order valence-corrected chi connectivity index (χ1v) is 7.95. The number of halogens is 1. The van der Waals surface area contributed by atoms with Crippen molar-refractivity contribution in [3.8, 4) is 0 Å². The van der Waals surface area contributed by atoms with Gasteiger partial charge in [-0.15, -0.1) is 11.3 Å². The van der Waals surface area contributed by atoms with Gasteiger partial charge in [-0.25, -0.2) is 0 Å². The van der Waals surface area contributed by atoms with Gasteiger partial charge in [0.25, 0.3) is 0 Å². The number of aryl methyl sites for hydroxylation is 1. The van der Waals surface area contributed by atoms with Crippen LogP contribution in [0.5, 0.6) is 0 Å². The van der Waals surface area contributed by atoms with Crippen molar-refractivity contribution in [2.75, 3.05) is 0 Å². The highest BCUT2D eigenvalue weighted by atomic mass is 35.5. The first-order chi connectivity index (χ1) is 9.62. The molecule has 1 heterocycles. The van der Waals surface area contributed by atoms with Crippen molar-refractivity contribution in [2.24, 2.45) is 0 Å². The minimum atomic E-state index is -0.351. The van der Waals surface area contributed by atoms with Gasteiger partial charge in [-0.1, -0.05) is 23.7 Å². The Kier molecular flexibility index (Phi) is 3.57. The molecule has 1 fully saturated rings. The van der Waals surface area contributed by atoms with Gasteiger partial charge in [0.2, 0.25) is 5.91 Å². The Balaban J connectivity index is 1.72. The molecule has 0 spiro atoms. The van der Waals surface area contributed by atoms with E-state index in [2.05, 4.69) is 23.7 Å². The highest BCUT2D eigenvalue weighted by Gasteiger charge is 2.51. The lowest BCUT2D eigenvalue weighted by Crippen LogP contribution is -2.34. The van der Waals surface area contributed by atoms with Gasteiger partial charge in [0.1, 0.15) is 0 Å². The summed E-state index contributed by atoms with van der Waals surface area (Å²) < 4.78 is 0. The van der Waals surface area contributed by atoms with E-state index in [4.69, 9.17) is 11.6 Å². The smallest absolute Gasteiger partial charge is 0.230 e. The number of carbonyl (C=O) groups excluding carboxylic acids is 1. The second-order valence-electron chi connectivity index (χ2n) is 5.30. The van der Waals surface area contributed by atoms with E-state index in [0.29, 0.717) is 11.6 Å². The zero-order valence-electron chi connectivity index (χ0n) is 11.3. The van der Waals surface area contributed by atoms with Gasteiger partial charge in [-0.3, -0.25) is 4.79 Å². The van der Waals surface area contributed by atoms with Gasteiger partial charge in [-0.2, -0.15) is 0 Å². The van der Waals surface area contributed by atoms with Crippen molar-refractivity contribution in [3.63, 3.8) is 0 Å². The maximum atomic E-state index is 12.5. The van der Waals surface area contributed by atoms with E-state index >= 15 is 0 Å². The highest BCUT2D eigenvalue weighted by molar-refractivity contribution is 7.10. The minimum Gasteiger partial charge on any atom is -0.350 e. The number of rotatable bonds is 4. The Hall–Kier alpha value is -1.32. The number of benzene rings is 1. The third-order valence-corrected chi connectivity index (χ3v) is 5.20. The van der Waals surface area contributed by atoms with Gasteiger partial charge >= 0.3 is 0 Å². The molecule has 0 radical (unpaired) electrons. The number of hydrogen-bond donors (Lipinski definition) is 1. The summed E-state index contributed by atoms with van der Waals surface area (Å²) in [5.74, 6) is 0.118. The fourth-order valence-electron chi connectivity index (χ4n) is 2.47. The molecule has 1 aromatic carbocycles. The predicted molar refractivity (Wildman–Crippen MR) is 83.3 cm³/mol. The van der Waals surface area contributed by atoms with Crippen molar-refractivity contribution in [2.45, 2.75) is 31.7 Å².